The van der Waals surface area contributed by atoms with E-state index in [1.807, 2.05) is 0 Å². The number of hydrogen-bond acceptors (Lipinski definition) is 9. The molecule has 1 aliphatic rings. The first-order chi connectivity index (χ1) is 11.9. The summed E-state index contributed by atoms with van der Waals surface area (Å²) in [6.07, 6.45) is -1.24. The predicted molar refractivity (Wildman–Crippen MR) is 86.0 cm³/mol. The number of rotatable bonds is 7. The zero-order valence-corrected chi connectivity index (χ0v) is 15.5. The molecule has 1 aliphatic heterocycles. The number of phosphoric acid groups is 2. The lowest BCUT2D eigenvalue weighted by Crippen LogP contribution is -2.45. The van der Waals surface area contributed by atoms with Crippen molar-refractivity contribution in [3.63, 3.8) is 0 Å². The number of alkyl halides is 1. The van der Waals surface area contributed by atoms with Crippen LogP contribution in [0, 0.1) is 0 Å². The molecule has 2 heterocycles. The van der Waals surface area contributed by atoms with Crippen LogP contribution in [0.1, 0.15) is 12.6 Å². The van der Waals surface area contributed by atoms with E-state index in [4.69, 9.17) is 31.9 Å². The molecule has 1 saturated heterocycles. The number of hydrogen-bond donors (Lipinski definition) is 5. The second-order valence-electron chi connectivity index (χ2n) is 5.38. The lowest BCUT2D eigenvalue weighted by Gasteiger charge is -2.30. The molecule has 0 aliphatic carbocycles. The number of halogens is 1. The quantitative estimate of drug-likeness (QED) is 0.266. The van der Waals surface area contributed by atoms with Gasteiger partial charge in [-0.25, -0.2) is 13.9 Å². The standard InChI is InChI=1S/C10H16ClN3O10P2/c11-4-10(5-22-26(20,21)24-25(17,18)19)6(15)3-8(23-10)14-2-1-7(12)13-9(14)16/h1-2,6,8,15H,3-5H2,(H,20,21)(H2,12,13,16)(H2,17,18,19)/t6-,8+,10+/m0/s1. The topological polar surface area (TPSA) is 204 Å². The molecule has 0 aromatic carbocycles. The molecule has 13 nitrogen and oxygen atoms in total. The summed E-state index contributed by atoms with van der Waals surface area (Å²) in [4.78, 5) is 41.9. The van der Waals surface area contributed by atoms with E-state index in [1.54, 1.807) is 0 Å². The maximum absolute atomic E-state index is 11.9. The largest absolute Gasteiger partial charge is 0.481 e. The highest BCUT2D eigenvalue weighted by atomic mass is 35.5. The zero-order chi connectivity index (χ0) is 19.8. The lowest BCUT2D eigenvalue weighted by atomic mass is 10.0. The number of aliphatic hydroxyl groups is 1. The average molecular weight is 436 g/mol. The second kappa shape index (κ2) is 7.64. The van der Waals surface area contributed by atoms with E-state index in [-0.39, 0.29) is 12.2 Å². The number of anilines is 1. The van der Waals surface area contributed by atoms with Crippen molar-refractivity contribution in [3.8, 4) is 0 Å². The SMILES string of the molecule is Nc1ccn([C@H]2C[C@H](O)[C@@](CCl)(COP(=O)(O)OP(=O)(O)O)O2)c(=O)n1. The fraction of sp³-hybridized carbons (Fsp3) is 0.600. The summed E-state index contributed by atoms with van der Waals surface area (Å²) in [5.74, 6) is -0.454. The van der Waals surface area contributed by atoms with E-state index in [0.29, 0.717) is 0 Å². The van der Waals surface area contributed by atoms with Crippen LogP contribution < -0.4 is 11.4 Å². The Balaban J connectivity index is 2.17. The van der Waals surface area contributed by atoms with Gasteiger partial charge in [0.25, 0.3) is 0 Å². The first-order valence-electron chi connectivity index (χ1n) is 6.88. The number of phosphoric ester groups is 1. The van der Waals surface area contributed by atoms with Gasteiger partial charge in [0.2, 0.25) is 0 Å². The Hall–Kier alpha value is -0.850. The summed E-state index contributed by atoms with van der Waals surface area (Å²) < 4.78 is 36.9. The zero-order valence-electron chi connectivity index (χ0n) is 12.9. The van der Waals surface area contributed by atoms with Crippen LogP contribution in [-0.2, 0) is 22.7 Å². The Labute approximate surface area is 151 Å². The van der Waals surface area contributed by atoms with Crippen LogP contribution in [-0.4, -0.2) is 53.5 Å². The summed E-state index contributed by atoms with van der Waals surface area (Å²) in [5, 5.41) is 10.2. The van der Waals surface area contributed by atoms with Crippen molar-refractivity contribution >= 4 is 33.1 Å². The molecule has 0 saturated carbocycles. The maximum atomic E-state index is 11.9. The summed E-state index contributed by atoms with van der Waals surface area (Å²) in [6.45, 7) is -0.848. The number of nitrogens with two attached hydrogens (primary N) is 1. The Bertz CT molecular complexity index is 814. The molecule has 4 atom stereocenters. The molecule has 2 rings (SSSR count). The number of nitrogen functional groups attached to an aromatic ring is 1. The van der Waals surface area contributed by atoms with Crippen LogP contribution in [0.2, 0.25) is 0 Å². The van der Waals surface area contributed by atoms with Crippen molar-refractivity contribution in [1.82, 2.24) is 9.55 Å². The molecular weight excluding hydrogens is 420 g/mol. The van der Waals surface area contributed by atoms with Crippen LogP contribution in [0.5, 0.6) is 0 Å². The van der Waals surface area contributed by atoms with Gasteiger partial charge in [-0.15, -0.1) is 11.6 Å². The molecule has 1 unspecified atom stereocenters. The molecule has 0 radical (unpaired) electrons. The summed E-state index contributed by atoms with van der Waals surface area (Å²) >= 11 is 5.79. The third-order valence-electron chi connectivity index (χ3n) is 3.47. The smallest absolute Gasteiger partial charge is 0.390 e. The van der Waals surface area contributed by atoms with Crippen LogP contribution in [0.15, 0.2) is 17.1 Å². The maximum Gasteiger partial charge on any atom is 0.481 e. The molecule has 16 heteroatoms. The average Bonchev–Trinajstić information content (AvgIpc) is 2.80. The van der Waals surface area contributed by atoms with Crippen LogP contribution in [0.3, 0.4) is 0 Å². The van der Waals surface area contributed by atoms with E-state index in [9.17, 15) is 23.9 Å². The van der Waals surface area contributed by atoms with E-state index in [2.05, 4.69) is 13.8 Å². The Morgan fingerprint density at radius 2 is 2.12 bits per heavy atom. The molecule has 6 N–H and O–H groups in total. The minimum Gasteiger partial charge on any atom is -0.390 e. The van der Waals surface area contributed by atoms with Gasteiger partial charge < -0.3 is 30.3 Å². The third kappa shape index (κ3) is 5.11. The molecule has 26 heavy (non-hydrogen) atoms. The normalized spacial score (nSPS) is 28.8. The van der Waals surface area contributed by atoms with Crippen molar-refractivity contribution in [2.75, 3.05) is 18.2 Å². The molecule has 148 valence electrons. The van der Waals surface area contributed by atoms with Gasteiger partial charge >= 0.3 is 21.3 Å². The van der Waals surface area contributed by atoms with Gasteiger partial charge in [0, 0.05) is 12.6 Å². The number of ether oxygens (including phenoxy) is 1. The highest BCUT2D eigenvalue weighted by Crippen LogP contribution is 2.58. The highest BCUT2D eigenvalue weighted by molar-refractivity contribution is 7.60. The molecule has 1 aromatic heterocycles. The van der Waals surface area contributed by atoms with E-state index >= 15 is 0 Å². The predicted octanol–water partition coefficient (Wildman–Crippen LogP) is -0.691. The first kappa shape index (κ1) is 21.5. The summed E-state index contributed by atoms with van der Waals surface area (Å²) in [5.41, 5.74) is 2.88. The number of aliphatic hydroxyl groups excluding tert-OH is 1. The van der Waals surface area contributed by atoms with Crippen LogP contribution in [0.25, 0.3) is 0 Å². The minimum absolute atomic E-state index is 0.0208. The molecule has 0 spiro atoms. The molecule has 1 fully saturated rings. The van der Waals surface area contributed by atoms with Gasteiger partial charge in [0.1, 0.15) is 17.6 Å². The van der Waals surface area contributed by atoms with Gasteiger partial charge in [0.15, 0.2) is 0 Å². The summed E-state index contributed by atoms with van der Waals surface area (Å²) in [7, 11) is -10.5. The van der Waals surface area contributed by atoms with E-state index in [1.165, 1.54) is 12.3 Å². The van der Waals surface area contributed by atoms with Crippen molar-refractivity contribution in [2.24, 2.45) is 0 Å². The number of aromatic nitrogens is 2. The van der Waals surface area contributed by atoms with Gasteiger partial charge in [-0.2, -0.15) is 9.29 Å². The van der Waals surface area contributed by atoms with Crippen molar-refractivity contribution in [2.45, 2.75) is 24.4 Å². The fourth-order valence-corrected chi connectivity index (χ4v) is 4.22. The van der Waals surface area contributed by atoms with Crippen molar-refractivity contribution in [1.29, 1.82) is 0 Å². The second-order valence-corrected chi connectivity index (χ2v) is 8.48. The Morgan fingerprint density at radius 1 is 1.46 bits per heavy atom. The summed E-state index contributed by atoms with van der Waals surface area (Å²) in [6, 6.07) is 1.32. The molecule has 0 bridgehead atoms. The third-order valence-corrected chi connectivity index (χ3v) is 6.06. The highest BCUT2D eigenvalue weighted by Gasteiger charge is 2.50. The first-order valence-corrected chi connectivity index (χ1v) is 10.4. The van der Waals surface area contributed by atoms with Crippen molar-refractivity contribution < 1.29 is 42.5 Å². The van der Waals surface area contributed by atoms with Gasteiger partial charge in [-0.3, -0.25) is 9.09 Å². The van der Waals surface area contributed by atoms with E-state index < -0.39 is 51.8 Å². The molecular formula is C10H16ClN3O10P2. The minimum atomic E-state index is -5.31. The fourth-order valence-electron chi connectivity index (χ4n) is 2.26. The Kier molecular flexibility index (Phi) is 6.31. The lowest BCUT2D eigenvalue weighted by molar-refractivity contribution is -0.112. The Morgan fingerprint density at radius 3 is 2.65 bits per heavy atom. The van der Waals surface area contributed by atoms with Crippen molar-refractivity contribution in [3.05, 3.63) is 22.7 Å². The number of nitrogens with zero attached hydrogens (tertiary/aromatic N) is 2. The van der Waals surface area contributed by atoms with E-state index in [0.717, 1.165) is 4.57 Å². The van der Waals surface area contributed by atoms with Crippen LogP contribution in [0.4, 0.5) is 5.82 Å². The van der Waals surface area contributed by atoms with Gasteiger partial charge in [-0.1, -0.05) is 0 Å². The van der Waals surface area contributed by atoms with Gasteiger partial charge in [-0.05, 0) is 6.07 Å². The van der Waals surface area contributed by atoms with Crippen LogP contribution >= 0.6 is 27.2 Å². The molecule has 0 amide bonds. The van der Waals surface area contributed by atoms with Gasteiger partial charge in [0.05, 0.1) is 18.6 Å². The monoisotopic (exact) mass is 435 g/mol. The molecule has 1 aromatic rings.